The minimum Gasteiger partial charge on any atom is -0.383 e. The van der Waals surface area contributed by atoms with Crippen LogP contribution in [0.3, 0.4) is 0 Å². The molecule has 0 aliphatic carbocycles. The van der Waals surface area contributed by atoms with E-state index in [2.05, 4.69) is 49.6 Å². The first-order chi connectivity index (χ1) is 8.29. The Labute approximate surface area is 122 Å². The molecule has 17 heavy (non-hydrogen) atoms. The van der Waals surface area contributed by atoms with Crippen LogP contribution in [0.4, 0.5) is 0 Å². The molecule has 0 radical (unpaired) electrons. The number of nitrogens with one attached hydrogen (secondary N) is 1. The predicted molar refractivity (Wildman–Crippen MR) is 79.5 cm³/mol. The molecule has 0 aromatic carbocycles. The van der Waals surface area contributed by atoms with Crippen LogP contribution in [0.15, 0.2) is 11.4 Å². The van der Waals surface area contributed by atoms with Crippen LogP contribution in [0.1, 0.15) is 5.01 Å². The number of nitrogens with zero attached hydrogens (tertiary/aromatic N) is 2. The van der Waals surface area contributed by atoms with Gasteiger partial charge in [-0.3, -0.25) is 0 Å². The summed E-state index contributed by atoms with van der Waals surface area (Å²) in [5.74, 6) is 0. The SMILES string of the molecule is COCCNCc1nnc(-c2csc(I)c2)s1. The Bertz CT molecular complexity index is 472. The Balaban J connectivity index is 1.92. The molecule has 0 aliphatic rings. The molecule has 0 saturated heterocycles. The van der Waals surface area contributed by atoms with Crippen LogP contribution in [0.2, 0.25) is 0 Å². The van der Waals surface area contributed by atoms with Gasteiger partial charge in [0, 0.05) is 31.1 Å². The normalized spacial score (nSPS) is 10.9. The largest absolute Gasteiger partial charge is 0.383 e. The lowest BCUT2D eigenvalue weighted by molar-refractivity contribution is 0.199. The zero-order valence-electron chi connectivity index (χ0n) is 9.27. The quantitative estimate of drug-likeness (QED) is 0.617. The van der Waals surface area contributed by atoms with Crippen molar-refractivity contribution in [1.29, 1.82) is 0 Å². The van der Waals surface area contributed by atoms with E-state index in [9.17, 15) is 0 Å². The predicted octanol–water partition coefficient (Wildman–Crippen LogP) is 2.61. The Morgan fingerprint density at radius 2 is 2.35 bits per heavy atom. The van der Waals surface area contributed by atoms with E-state index in [0.29, 0.717) is 6.61 Å². The fourth-order valence-electron chi connectivity index (χ4n) is 1.23. The summed E-state index contributed by atoms with van der Waals surface area (Å²) in [6.45, 7) is 2.30. The van der Waals surface area contributed by atoms with Gasteiger partial charge in [0.1, 0.15) is 10.0 Å². The van der Waals surface area contributed by atoms with E-state index in [1.54, 1.807) is 29.8 Å². The van der Waals surface area contributed by atoms with Gasteiger partial charge >= 0.3 is 0 Å². The fourth-order valence-corrected chi connectivity index (χ4v) is 3.44. The molecule has 92 valence electrons. The van der Waals surface area contributed by atoms with Gasteiger partial charge in [0.05, 0.1) is 9.49 Å². The smallest absolute Gasteiger partial charge is 0.148 e. The summed E-state index contributed by atoms with van der Waals surface area (Å²) in [7, 11) is 1.70. The topological polar surface area (TPSA) is 47.0 Å². The molecule has 2 heterocycles. The zero-order chi connectivity index (χ0) is 12.1. The van der Waals surface area contributed by atoms with Crippen LogP contribution in [-0.2, 0) is 11.3 Å². The van der Waals surface area contributed by atoms with Crippen molar-refractivity contribution >= 4 is 45.3 Å². The maximum atomic E-state index is 4.96. The van der Waals surface area contributed by atoms with Gasteiger partial charge in [-0.1, -0.05) is 11.3 Å². The summed E-state index contributed by atoms with van der Waals surface area (Å²) in [5, 5.41) is 15.7. The zero-order valence-corrected chi connectivity index (χ0v) is 13.1. The maximum absolute atomic E-state index is 4.96. The number of halogens is 1. The summed E-state index contributed by atoms with van der Waals surface area (Å²) in [4.78, 5) is 0. The number of hydrogen-bond donors (Lipinski definition) is 1. The summed E-state index contributed by atoms with van der Waals surface area (Å²) < 4.78 is 6.23. The number of rotatable bonds is 6. The van der Waals surface area contributed by atoms with E-state index in [1.165, 1.54) is 8.45 Å². The van der Waals surface area contributed by atoms with Crippen LogP contribution in [0.5, 0.6) is 0 Å². The van der Waals surface area contributed by atoms with E-state index in [1.807, 2.05) is 0 Å². The van der Waals surface area contributed by atoms with Crippen molar-refractivity contribution in [3.05, 3.63) is 19.3 Å². The lowest BCUT2D eigenvalue weighted by Crippen LogP contribution is -2.18. The van der Waals surface area contributed by atoms with E-state index >= 15 is 0 Å². The van der Waals surface area contributed by atoms with Gasteiger partial charge in [0.25, 0.3) is 0 Å². The Kier molecular flexibility index (Phi) is 5.29. The third kappa shape index (κ3) is 3.95. The number of methoxy groups -OCH3 is 1. The third-order valence-corrected chi connectivity index (χ3v) is 4.80. The number of aromatic nitrogens is 2. The molecule has 0 fully saturated rings. The van der Waals surface area contributed by atoms with Crippen molar-refractivity contribution in [3.8, 4) is 10.6 Å². The summed E-state index contributed by atoms with van der Waals surface area (Å²) in [5.41, 5.74) is 1.17. The lowest BCUT2D eigenvalue weighted by atomic mass is 10.4. The molecular formula is C10H12IN3OS2. The van der Waals surface area contributed by atoms with Crippen molar-refractivity contribution in [3.63, 3.8) is 0 Å². The standard InChI is InChI=1S/C10H12IN3OS2/c1-15-3-2-12-5-9-13-14-10(17-9)7-4-8(11)16-6-7/h4,6,12H,2-3,5H2,1H3. The first-order valence-corrected chi connectivity index (χ1v) is 7.83. The molecule has 2 aromatic heterocycles. The van der Waals surface area contributed by atoms with Gasteiger partial charge in [-0.15, -0.1) is 21.5 Å². The first kappa shape index (κ1) is 13.3. The van der Waals surface area contributed by atoms with E-state index in [-0.39, 0.29) is 0 Å². The highest BCUT2D eigenvalue weighted by molar-refractivity contribution is 14.1. The monoisotopic (exact) mass is 381 g/mol. The molecule has 0 spiro atoms. The van der Waals surface area contributed by atoms with Crippen LogP contribution in [0.25, 0.3) is 10.6 Å². The highest BCUT2D eigenvalue weighted by Crippen LogP contribution is 2.28. The molecular weight excluding hydrogens is 369 g/mol. The third-order valence-electron chi connectivity index (χ3n) is 2.04. The molecule has 2 rings (SSSR count). The molecule has 0 bridgehead atoms. The Morgan fingerprint density at radius 3 is 3.06 bits per heavy atom. The van der Waals surface area contributed by atoms with Crippen molar-refractivity contribution < 1.29 is 4.74 Å². The molecule has 1 N–H and O–H groups in total. The van der Waals surface area contributed by atoms with Crippen molar-refractivity contribution in [1.82, 2.24) is 15.5 Å². The first-order valence-electron chi connectivity index (χ1n) is 5.06. The van der Waals surface area contributed by atoms with Crippen LogP contribution in [-0.4, -0.2) is 30.5 Å². The molecule has 0 aliphatic heterocycles. The van der Waals surface area contributed by atoms with Crippen LogP contribution >= 0.6 is 45.3 Å². The molecule has 0 atom stereocenters. The Hall–Kier alpha value is -0.0900. The summed E-state index contributed by atoms with van der Waals surface area (Å²) >= 11 is 5.68. The molecule has 2 aromatic rings. The van der Waals surface area contributed by atoms with Crippen LogP contribution < -0.4 is 5.32 Å². The van der Waals surface area contributed by atoms with Crippen molar-refractivity contribution in [2.24, 2.45) is 0 Å². The second-order valence-corrected chi connectivity index (χ2v) is 7.18. The average Bonchev–Trinajstić information content (AvgIpc) is 2.93. The second kappa shape index (κ2) is 6.74. The number of thiophene rings is 1. The molecule has 0 saturated carbocycles. The van der Waals surface area contributed by atoms with E-state index in [0.717, 1.165) is 23.1 Å². The Morgan fingerprint density at radius 1 is 1.47 bits per heavy atom. The summed E-state index contributed by atoms with van der Waals surface area (Å²) in [6, 6.07) is 2.13. The molecule has 0 amide bonds. The second-order valence-electron chi connectivity index (χ2n) is 3.31. The van der Waals surface area contributed by atoms with Gasteiger partial charge < -0.3 is 10.1 Å². The van der Waals surface area contributed by atoms with Gasteiger partial charge in [-0.2, -0.15) is 0 Å². The minimum absolute atomic E-state index is 0.717. The number of hydrogen-bond acceptors (Lipinski definition) is 6. The fraction of sp³-hybridized carbons (Fsp3) is 0.400. The maximum Gasteiger partial charge on any atom is 0.148 e. The molecule has 0 unspecified atom stereocenters. The lowest BCUT2D eigenvalue weighted by Gasteiger charge is -1.99. The minimum atomic E-state index is 0.717. The summed E-state index contributed by atoms with van der Waals surface area (Å²) in [6.07, 6.45) is 0. The van der Waals surface area contributed by atoms with Crippen molar-refractivity contribution in [2.45, 2.75) is 6.54 Å². The van der Waals surface area contributed by atoms with Gasteiger partial charge in [-0.25, -0.2) is 0 Å². The van der Waals surface area contributed by atoms with Gasteiger partial charge in [0.15, 0.2) is 0 Å². The molecule has 7 heteroatoms. The van der Waals surface area contributed by atoms with Gasteiger partial charge in [-0.05, 0) is 28.7 Å². The van der Waals surface area contributed by atoms with Gasteiger partial charge in [0.2, 0.25) is 0 Å². The number of ether oxygens (including phenoxy) is 1. The van der Waals surface area contributed by atoms with E-state index < -0.39 is 0 Å². The van der Waals surface area contributed by atoms with E-state index in [4.69, 9.17) is 4.74 Å². The van der Waals surface area contributed by atoms with Crippen LogP contribution in [0, 0.1) is 2.88 Å². The van der Waals surface area contributed by atoms with Crippen molar-refractivity contribution in [2.75, 3.05) is 20.3 Å². The highest BCUT2D eigenvalue weighted by atomic mass is 127. The molecule has 4 nitrogen and oxygen atoms in total. The highest BCUT2D eigenvalue weighted by Gasteiger charge is 2.07. The average molecular weight is 381 g/mol.